The van der Waals surface area contributed by atoms with Gasteiger partial charge < -0.3 is 23.7 Å². The van der Waals surface area contributed by atoms with Crippen molar-refractivity contribution in [2.75, 3.05) is 13.7 Å². The number of hydrogen-bond donors (Lipinski definition) is 1. The Balaban J connectivity index is 1.39. The normalized spacial score (nSPS) is 26.6. The minimum Gasteiger partial charge on any atom is -0.497 e. The van der Waals surface area contributed by atoms with E-state index < -0.39 is 19.8 Å². The average molecular weight is 559 g/mol. The molecule has 0 radical (unpaired) electrons. The lowest BCUT2D eigenvalue weighted by atomic mass is 9.74. The third-order valence-corrected chi connectivity index (χ3v) is 14.0. The molecule has 1 aliphatic carbocycles. The summed E-state index contributed by atoms with van der Waals surface area (Å²) in [6, 6.07) is 29.1. The fourth-order valence-corrected chi connectivity index (χ4v) is 11.2. The van der Waals surface area contributed by atoms with Crippen LogP contribution in [0, 0.1) is 5.41 Å². The molecule has 1 aliphatic heterocycles. The van der Waals surface area contributed by atoms with E-state index in [4.69, 9.17) is 18.6 Å². The van der Waals surface area contributed by atoms with Gasteiger partial charge in [0.05, 0.1) is 38.6 Å². The smallest absolute Gasteiger partial charge is 0.261 e. The number of methoxy groups -OCH3 is 1. The van der Waals surface area contributed by atoms with E-state index in [2.05, 4.69) is 94.9 Å². The number of fused-ring (bicyclic) bond motifs is 2. The standard InChI is InChI=1S/C34H42O5Si/c1-24-30(23-38-40(33(2,3)4,27-13-9-7-10-14-27)28-15-11-8-12-16-28)39-29-21-31(35)34(24,5)32(29)37-22-25-17-19-26(36-6)20-18-25/h7-20,29-32,35H,1,21-23H2,2-6H3/t29-,30-,31+,32+,34+/m1/s1. The Kier molecular flexibility index (Phi) is 8.10. The van der Waals surface area contributed by atoms with Crippen molar-refractivity contribution in [3.8, 4) is 5.75 Å². The third-order valence-electron chi connectivity index (χ3n) is 8.95. The molecule has 5 rings (SSSR count). The highest BCUT2D eigenvalue weighted by atomic mass is 28.4. The van der Waals surface area contributed by atoms with Crippen LogP contribution >= 0.6 is 0 Å². The summed E-state index contributed by atoms with van der Waals surface area (Å²) < 4.78 is 25.5. The second kappa shape index (κ2) is 11.3. The van der Waals surface area contributed by atoms with E-state index in [9.17, 15) is 5.11 Å². The van der Waals surface area contributed by atoms with Crippen LogP contribution in [0.4, 0.5) is 0 Å². The van der Waals surface area contributed by atoms with Crippen molar-refractivity contribution in [1.82, 2.24) is 0 Å². The molecule has 1 saturated carbocycles. The Bertz CT molecular complexity index is 1250. The summed E-state index contributed by atoms with van der Waals surface area (Å²) >= 11 is 0. The van der Waals surface area contributed by atoms with Crippen LogP contribution in [0.5, 0.6) is 5.75 Å². The summed E-state index contributed by atoms with van der Waals surface area (Å²) in [5, 5.41) is 13.5. The van der Waals surface area contributed by atoms with Gasteiger partial charge in [-0.3, -0.25) is 0 Å². The van der Waals surface area contributed by atoms with Gasteiger partial charge in [0.25, 0.3) is 8.32 Å². The predicted molar refractivity (Wildman–Crippen MR) is 162 cm³/mol. The maximum absolute atomic E-state index is 11.2. The van der Waals surface area contributed by atoms with E-state index in [1.165, 1.54) is 10.4 Å². The zero-order valence-corrected chi connectivity index (χ0v) is 25.3. The van der Waals surface area contributed by atoms with Gasteiger partial charge in [-0.05, 0) is 38.7 Å². The SMILES string of the molecule is C=C1[C@@H](CO[Si](c2ccccc2)(c2ccccc2)C(C)(C)C)O[C@@H]2C[C@H](O)[C@@]1(C)[C@H]2OCc1ccc(OC)cc1. The first kappa shape index (κ1) is 28.8. The molecule has 0 spiro atoms. The first-order chi connectivity index (χ1) is 19.1. The molecular weight excluding hydrogens is 516 g/mol. The van der Waals surface area contributed by atoms with Crippen molar-refractivity contribution in [2.24, 2.45) is 5.41 Å². The first-order valence-corrected chi connectivity index (χ1v) is 16.0. The van der Waals surface area contributed by atoms with Crippen molar-refractivity contribution in [3.63, 3.8) is 0 Å². The number of rotatable bonds is 9. The summed E-state index contributed by atoms with van der Waals surface area (Å²) in [5.41, 5.74) is 1.25. The topological polar surface area (TPSA) is 57.2 Å². The van der Waals surface area contributed by atoms with Gasteiger partial charge >= 0.3 is 0 Å². The lowest BCUT2D eigenvalue weighted by Gasteiger charge is -2.47. The summed E-state index contributed by atoms with van der Waals surface area (Å²) in [5.74, 6) is 0.810. The highest BCUT2D eigenvalue weighted by Crippen LogP contribution is 2.52. The Hall–Kier alpha value is -2.74. The van der Waals surface area contributed by atoms with Gasteiger partial charge in [0.2, 0.25) is 0 Å². The van der Waals surface area contributed by atoms with Crippen LogP contribution in [-0.2, 0) is 20.5 Å². The van der Waals surface area contributed by atoms with Gasteiger partial charge in [-0.1, -0.05) is 107 Å². The Morgan fingerprint density at radius 2 is 1.52 bits per heavy atom. The molecule has 1 N–H and O–H groups in total. The molecule has 3 aromatic rings. The molecule has 5 nitrogen and oxygen atoms in total. The van der Waals surface area contributed by atoms with E-state index in [0.717, 1.165) is 16.9 Å². The zero-order valence-electron chi connectivity index (χ0n) is 24.3. The van der Waals surface area contributed by atoms with Gasteiger partial charge in [0, 0.05) is 11.8 Å². The largest absolute Gasteiger partial charge is 0.497 e. The van der Waals surface area contributed by atoms with Crippen molar-refractivity contribution < 1.29 is 23.7 Å². The fourth-order valence-electron chi connectivity index (χ4n) is 6.62. The van der Waals surface area contributed by atoms with E-state index in [1.54, 1.807) is 7.11 Å². The maximum atomic E-state index is 11.2. The molecule has 0 unspecified atom stereocenters. The van der Waals surface area contributed by atoms with E-state index >= 15 is 0 Å². The zero-order chi connectivity index (χ0) is 28.5. The quantitative estimate of drug-likeness (QED) is 0.287. The Morgan fingerprint density at radius 1 is 0.950 bits per heavy atom. The van der Waals surface area contributed by atoms with E-state index in [0.29, 0.717) is 19.6 Å². The van der Waals surface area contributed by atoms with E-state index in [-0.39, 0.29) is 23.4 Å². The molecule has 0 amide bonds. The number of benzene rings is 3. The monoisotopic (exact) mass is 558 g/mol. The lowest BCUT2D eigenvalue weighted by molar-refractivity contribution is -0.152. The molecule has 40 heavy (non-hydrogen) atoms. The van der Waals surface area contributed by atoms with Crippen molar-refractivity contribution in [3.05, 3.63) is 103 Å². The molecular formula is C34H42O5Si. The second-order valence-corrected chi connectivity index (χ2v) is 16.6. The van der Waals surface area contributed by atoms with Crippen LogP contribution in [0.2, 0.25) is 5.04 Å². The molecule has 6 heteroatoms. The summed E-state index contributed by atoms with van der Waals surface area (Å²) in [6.07, 6.45) is -0.950. The van der Waals surface area contributed by atoms with Crippen LogP contribution in [0.1, 0.15) is 39.7 Å². The summed E-state index contributed by atoms with van der Waals surface area (Å²) in [6.45, 7) is 14.2. The second-order valence-electron chi connectivity index (χ2n) is 12.3. The molecule has 0 aromatic heterocycles. The van der Waals surface area contributed by atoms with Crippen molar-refractivity contribution in [1.29, 1.82) is 0 Å². The molecule has 2 bridgehead atoms. The molecule has 1 heterocycles. The fraction of sp³-hybridized carbons (Fsp3) is 0.412. The predicted octanol–water partition coefficient (Wildman–Crippen LogP) is 5.25. The lowest BCUT2D eigenvalue weighted by Crippen LogP contribution is -2.67. The molecule has 1 saturated heterocycles. The number of aliphatic hydroxyl groups is 1. The Morgan fingerprint density at radius 3 is 2.05 bits per heavy atom. The van der Waals surface area contributed by atoms with Crippen molar-refractivity contribution >= 4 is 18.7 Å². The summed E-state index contributed by atoms with van der Waals surface area (Å²) in [4.78, 5) is 0. The molecule has 5 atom stereocenters. The van der Waals surface area contributed by atoms with Gasteiger partial charge in [0.1, 0.15) is 11.9 Å². The first-order valence-electron chi connectivity index (χ1n) is 14.1. The minimum atomic E-state index is -2.74. The number of hydrogen-bond acceptors (Lipinski definition) is 5. The van der Waals surface area contributed by atoms with Gasteiger partial charge in [-0.25, -0.2) is 0 Å². The molecule has 212 valence electrons. The van der Waals surface area contributed by atoms with Crippen LogP contribution in [0.3, 0.4) is 0 Å². The van der Waals surface area contributed by atoms with Crippen molar-refractivity contribution in [2.45, 2.75) is 70.2 Å². The number of ether oxygens (including phenoxy) is 3. The molecule has 3 aromatic carbocycles. The van der Waals surface area contributed by atoms with Crippen LogP contribution in [0.25, 0.3) is 0 Å². The average Bonchev–Trinajstić information content (AvgIpc) is 3.15. The Labute approximate surface area is 239 Å². The van der Waals surface area contributed by atoms with Crippen LogP contribution in [0.15, 0.2) is 97.1 Å². The highest BCUT2D eigenvalue weighted by Gasteiger charge is 2.60. The molecule has 2 aliphatic rings. The van der Waals surface area contributed by atoms with Crippen LogP contribution in [-0.4, -0.2) is 51.6 Å². The van der Waals surface area contributed by atoms with Gasteiger partial charge in [0.15, 0.2) is 0 Å². The minimum absolute atomic E-state index is 0.141. The summed E-state index contributed by atoms with van der Waals surface area (Å²) in [7, 11) is -1.08. The molecule has 2 fully saturated rings. The highest BCUT2D eigenvalue weighted by molar-refractivity contribution is 6.99. The van der Waals surface area contributed by atoms with Gasteiger partial charge in [-0.2, -0.15) is 0 Å². The number of aliphatic hydroxyl groups excluding tert-OH is 1. The van der Waals surface area contributed by atoms with Crippen LogP contribution < -0.4 is 15.1 Å². The maximum Gasteiger partial charge on any atom is 0.261 e. The third kappa shape index (κ3) is 4.97. The van der Waals surface area contributed by atoms with Gasteiger partial charge in [-0.15, -0.1) is 0 Å². The van der Waals surface area contributed by atoms with E-state index in [1.807, 2.05) is 24.3 Å².